The second-order valence-electron chi connectivity index (χ2n) is 7.56. The van der Waals surface area contributed by atoms with Gasteiger partial charge in [0.2, 0.25) is 0 Å². The molecule has 0 unspecified atom stereocenters. The van der Waals surface area contributed by atoms with Crippen molar-refractivity contribution in [2.24, 2.45) is 11.8 Å². The standard InChI is InChI=1S/C24H28ClF/c1-2-3-4-18-5-7-19(8-6-18)9-10-20-11-13-21(14-12-20)22-15-16-23(25)24(26)17-22/h2-3,11-19H,4-10H2,1H3/b3-2+. The van der Waals surface area contributed by atoms with Gasteiger partial charge in [-0.3, -0.25) is 0 Å². The van der Waals surface area contributed by atoms with E-state index in [-0.39, 0.29) is 10.8 Å². The minimum Gasteiger partial charge on any atom is -0.205 e. The van der Waals surface area contributed by atoms with Gasteiger partial charge in [0.1, 0.15) is 5.82 Å². The maximum absolute atomic E-state index is 13.6. The molecule has 0 heterocycles. The summed E-state index contributed by atoms with van der Waals surface area (Å²) in [5.41, 5.74) is 3.28. The Morgan fingerprint density at radius 1 is 0.962 bits per heavy atom. The number of halogens is 2. The molecule has 2 heteroatoms. The number of hydrogen-bond acceptors (Lipinski definition) is 0. The van der Waals surface area contributed by atoms with Crippen LogP contribution in [0, 0.1) is 17.7 Å². The molecule has 2 aromatic carbocycles. The Labute approximate surface area is 162 Å². The average molecular weight is 371 g/mol. The SMILES string of the molecule is C/C=C/CC1CCC(CCc2ccc(-c3ccc(Cl)c(F)c3)cc2)CC1. The van der Waals surface area contributed by atoms with E-state index in [9.17, 15) is 4.39 Å². The van der Waals surface area contributed by atoms with Crippen LogP contribution in [0.2, 0.25) is 5.02 Å². The smallest absolute Gasteiger partial charge is 0.142 e. The molecule has 138 valence electrons. The van der Waals surface area contributed by atoms with Gasteiger partial charge in [-0.05, 0) is 79.7 Å². The molecule has 1 fully saturated rings. The zero-order valence-electron chi connectivity index (χ0n) is 15.6. The summed E-state index contributed by atoms with van der Waals surface area (Å²) in [6.45, 7) is 2.11. The Kier molecular flexibility index (Phi) is 6.91. The van der Waals surface area contributed by atoms with Gasteiger partial charge in [-0.25, -0.2) is 4.39 Å². The monoisotopic (exact) mass is 370 g/mol. The molecule has 3 rings (SSSR count). The van der Waals surface area contributed by atoms with Crippen molar-refractivity contribution in [3.8, 4) is 11.1 Å². The van der Waals surface area contributed by atoms with Gasteiger partial charge in [0.25, 0.3) is 0 Å². The topological polar surface area (TPSA) is 0 Å². The van der Waals surface area contributed by atoms with Crippen molar-refractivity contribution < 1.29 is 4.39 Å². The fourth-order valence-corrected chi connectivity index (χ4v) is 4.11. The summed E-state index contributed by atoms with van der Waals surface area (Å²) in [6.07, 6.45) is 13.7. The van der Waals surface area contributed by atoms with E-state index in [2.05, 4.69) is 43.3 Å². The summed E-state index contributed by atoms with van der Waals surface area (Å²) in [5, 5.41) is 0.172. The summed E-state index contributed by atoms with van der Waals surface area (Å²) in [6, 6.07) is 13.5. The van der Waals surface area contributed by atoms with Crippen molar-refractivity contribution in [2.45, 2.75) is 51.9 Å². The Bertz CT molecular complexity index is 724. The highest BCUT2D eigenvalue weighted by Crippen LogP contribution is 2.33. The first-order valence-corrected chi connectivity index (χ1v) is 10.2. The molecule has 0 N–H and O–H groups in total. The van der Waals surface area contributed by atoms with Crippen LogP contribution in [0.25, 0.3) is 11.1 Å². The molecule has 0 amide bonds. The predicted octanol–water partition coefficient (Wildman–Crippen LogP) is 7.85. The lowest BCUT2D eigenvalue weighted by molar-refractivity contribution is 0.265. The molecule has 0 aliphatic heterocycles. The molecule has 0 bridgehead atoms. The van der Waals surface area contributed by atoms with Gasteiger partial charge in [-0.2, -0.15) is 0 Å². The van der Waals surface area contributed by atoms with Gasteiger partial charge in [-0.1, -0.05) is 66.9 Å². The fourth-order valence-electron chi connectivity index (χ4n) is 3.99. The highest BCUT2D eigenvalue weighted by atomic mass is 35.5. The summed E-state index contributed by atoms with van der Waals surface area (Å²) in [4.78, 5) is 0. The van der Waals surface area contributed by atoms with E-state index in [1.165, 1.54) is 50.2 Å². The van der Waals surface area contributed by atoms with Crippen LogP contribution in [0.4, 0.5) is 4.39 Å². The lowest BCUT2D eigenvalue weighted by Crippen LogP contribution is -2.14. The second-order valence-corrected chi connectivity index (χ2v) is 7.96. The molecule has 1 aliphatic carbocycles. The van der Waals surface area contributed by atoms with Gasteiger partial charge >= 0.3 is 0 Å². The van der Waals surface area contributed by atoms with Crippen molar-refractivity contribution in [2.75, 3.05) is 0 Å². The van der Waals surface area contributed by atoms with E-state index in [0.29, 0.717) is 0 Å². The van der Waals surface area contributed by atoms with Crippen LogP contribution < -0.4 is 0 Å². The van der Waals surface area contributed by atoms with Gasteiger partial charge in [0, 0.05) is 0 Å². The molecule has 0 aromatic heterocycles. The van der Waals surface area contributed by atoms with E-state index in [1.807, 2.05) is 6.07 Å². The molecule has 2 aromatic rings. The van der Waals surface area contributed by atoms with Crippen LogP contribution in [0.15, 0.2) is 54.6 Å². The molecular weight excluding hydrogens is 343 g/mol. The number of benzene rings is 2. The van der Waals surface area contributed by atoms with Crippen LogP contribution in [0.5, 0.6) is 0 Å². The number of hydrogen-bond donors (Lipinski definition) is 0. The van der Waals surface area contributed by atoms with Crippen LogP contribution in [-0.4, -0.2) is 0 Å². The molecule has 0 nitrogen and oxygen atoms in total. The lowest BCUT2D eigenvalue weighted by Gasteiger charge is -2.28. The molecule has 0 radical (unpaired) electrons. The third-order valence-corrected chi connectivity index (χ3v) is 6.03. The van der Waals surface area contributed by atoms with Crippen molar-refractivity contribution in [3.05, 3.63) is 71.0 Å². The van der Waals surface area contributed by atoms with Crippen molar-refractivity contribution in [3.63, 3.8) is 0 Å². The molecule has 1 saturated carbocycles. The van der Waals surface area contributed by atoms with Gasteiger partial charge in [-0.15, -0.1) is 0 Å². The average Bonchev–Trinajstić information content (AvgIpc) is 2.68. The fraction of sp³-hybridized carbons (Fsp3) is 0.417. The number of aryl methyl sites for hydroxylation is 1. The third-order valence-electron chi connectivity index (χ3n) is 5.72. The molecule has 26 heavy (non-hydrogen) atoms. The van der Waals surface area contributed by atoms with E-state index in [1.54, 1.807) is 6.07 Å². The normalized spacial score (nSPS) is 20.6. The summed E-state index contributed by atoms with van der Waals surface area (Å²) in [5.74, 6) is 1.42. The van der Waals surface area contributed by atoms with Crippen LogP contribution in [0.1, 0.15) is 51.0 Å². The van der Waals surface area contributed by atoms with Gasteiger partial charge < -0.3 is 0 Å². The first-order valence-electron chi connectivity index (χ1n) is 9.81. The highest BCUT2D eigenvalue weighted by Gasteiger charge is 2.20. The van der Waals surface area contributed by atoms with E-state index in [4.69, 9.17) is 11.6 Å². The number of allylic oxidation sites excluding steroid dienone is 2. The van der Waals surface area contributed by atoms with E-state index < -0.39 is 0 Å². The summed E-state index contributed by atoms with van der Waals surface area (Å²) >= 11 is 5.76. The Morgan fingerprint density at radius 2 is 1.62 bits per heavy atom. The minimum atomic E-state index is -0.363. The maximum atomic E-state index is 13.6. The molecule has 0 spiro atoms. The highest BCUT2D eigenvalue weighted by molar-refractivity contribution is 6.30. The van der Waals surface area contributed by atoms with E-state index >= 15 is 0 Å². The molecule has 0 atom stereocenters. The van der Waals surface area contributed by atoms with Crippen molar-refractivity contribution in [1.29, 1.82) is 0 Å². The molecule has 1 aliphatic rings. The zero-order valence-corrected chi connectivity index (χ0v) is 16.3. The number of rotatable bonds is 6. The first kappa shape index (κ1) is 19.2. The summed E-state index contributed by atoms with van der Waals surface area (Å²) in [7, 11) is 0. The van der Waals surface area contributed by atoms with Gasteiger partial charge in [0.15, 0.2) is 0 Å². The van der Waals surface area contributed by atoms with E-state index in [0.717, 1.165) is 29.4 Å². The van der Waals surface area contributed by atoms with Crippen LogP contribution in [0.3, 0.4) is 0 Å². The quantitative estimate of drug-likeness (QED) is 0.454. The lowest BCUT2D eigenvalue weighted by atomic mass is 9.78. The summed E-state index contributed by atoms with van der Waals surface area (Å²) < 4.78 is 13.6. The van der Waals surface area contributed by atoms with Crippen LogP contribution >= 0.6 is 11.6 Å². The van der Waals surface area contributed by atoms with Crippen molar-refractivity contribution in [1.82, 2.24) is 0 Å². The molecular formula is C24H28ClF. The Balaban J connectivity index is 1.50. The Morgan fingerprint density at radius 3 is 2.27 bits per heavy atom. The minimum absolute atomic E-state index is 0.172. The Hall–Kier alpha value is -1.60. The second kappa shape index (κ2) is 9.37. The molecule has 0 saturated heterocycles. The maximum Gasteiger partial charge on any atom is 0.142 e. The largest absolute Gasteiger partial charge is 0.205 e. The van der Waals surface area contributed by atoms with Gasteiger partial charge in [0.05, 0.1) is 5.02 Å². The third kappa shape index (κ3) is 5.20. The first-order chi connectivity index (χ1) is 12.7. The predicted molar refractivity (Wildman–Crippen MR) is 110 cm³/mol. The van der Waals surface area contributed by atoms with Crippen molar-refractivity contribution >= 4 is 11.6 Å². The zero-order chi connectivity index (χ0) is 18.4. The van der Waals surface area contributed by atoms with Crippen LogP contribution in [-0.2, 0) is 6.42 Å².